The Labute approximate surface area is 84.6 Å². The van der Waals surface area contributed by atoms with E-state index >= 15 is 0 Å². The molecule has 0 bridgehead atoms. The van der Waals surface area contributed by atoms with Gasteiger partial charge in [0, 0.05) is 0 Å². The second-order valence-corrected chi connectivity index (χ2v) is 4.42. The first-order valence-corrected chi connectivity index (χ1v) is 5.30. The fourth-order valence-corrected chi connectivity index (χ4v) is 2.22. The van der Waals surface area contributed by atoms with Crippen LogP contribution in [0.15, 0.2) is 0 Å². The molecule has 0 saturated heterocycles. The monoisotopic (exact) mass is 204 g/mol. The molecule has 1 fully saturated rings. The Morgan fingerprint density at radius 1 is 1.38 bits per heavy atom. The molecule has 76 valence electrons. The number of carbonyl (C=O) groups is 1. The maximum Gasteiger partial charge on any atom is 0.324 e. The van der Waals surface area contributed by atoms with Crippen LogP contribution < -0.4 is 0 Å². The van der Waals surface area contributed by atoms with Crippen LogP contribution in [0, 0.1) is 11.8 Å². The third-order valence-corrected chi connectivity index (χ3v) is 3.44. The molecule has 0 spiro atoms. The van der Waals surface area contributed by atoms with Gasteiger partial charge < -0.3 is 4.74 Å². The lowest BCUT2D eigenvalue weighted by Gasteiger charge is -2.28. The van der Waals surface area contributed by atoms with E-state index in [1.54, 1.807) is 0 Å². The zero-order valence-electron chi connectivity index (χ0n) is 8.25. The normalized spacial score (nSPS) is 31.0. The predicted octanol–water partition coefficient (Wildman–Crippen LogP) is 2.59. The van der Waals surface area contributed by atoms with Gasteiger partial charge >= 0.3 is 5.97 Å². The minimum absolute atomic E-state index is 0.277. The molecule has 0 N–H and O–H groups in total. The summed E-state index contributed by atoms with van der Waals surface area (Å²) in [5.74, 6) is 0.837. The molecule has 0 radical (unpaired) electrons. The second-order valence-electron chi connectivity index (χ2n) is 3.94. The van der Waals surface area contributed by atoms with Crippen molar-refractivity contribution in [3.05, 3.63) is 0 Å². The SMILES string of the molecule is COC(=O)C(Cl)C1CCC(C)CC1. The molecule has 1 atom stereocenters. The number of halogens is 1. The molecule has 1 unspecified atom stereocenters. The molecule has 0 amide bonds. The Hall–Kier alpha value is -0.240. The van der Waals surface area contributed by atoms with Crippen molar-refractivity contribution in [3.63, 3.8) is 0 Å². The maximum atomic E-state index is 11.1. The summed E-state index contributed by atoms with van der Waals surface area (Å²) < 4.78 is 4.62. The van der Waals surface area contributed by atoms with Crippen molar-refractivity contribution in [3.8, 4) is 0 Å². The topological polar surface area (TPSA) is 26.3 Å². The smallest absolute Gasteiger partial charge is 0.324 e. The number of esters is 1. The Morgan fingerprint density at radius 3 is 2.38 bits per heavy atom. The summed E-state index contributed by atoms with van der Waals surface area (Å²) >= 11 is 5.98. The standard InChI is InChI=1S/C10H17ClO2/c1-7-3-5-8(6-4-7)9(11)10(12)13-2/h7-9H,3-6H2,1-2H3. The molecule has 13 heavy (non-hydrogen) atoms. The lowest BCUT2D eigenvalue weighted by Crippen LogP contribution is -2.28. The van der Waals surface area contributed by atoms with Crippen molar-refractivity contribution in [2.24, 2.45) is 11.8 Å². The van der Waals surface area contributed by atoms with Crippen LogP contribution >= 0.6 is 11.6 Å². The largest absolute Gasteiger partial charge is 0.468 e. The molecule has 3 heteroatoms. The molecule has 1 saturated carbocycles. The molecule has 0 aromatic rings. The minimum Gasteiger partial charge on any atom is -0.468 e. The first-order chi connectivity index (χ1) is 6.15. The second kappa shape index (κ2) is 4.85. The molecule has 1 aliphatic carbocycles. The summed E-state index contributed by atoms with van der Waals surface area (Å²) in [5, 5.41) is -0.433. The van der Waals surface area contributed by atoms with E-state index in [0.29, 0.717) is 5.92 Å². The van der Waals surface area contributed by atoms with Gasteiger partial charge in [0.2, 0.25) is 0 Å². The first-order valence-electron chi connectivity index (χ1n) is 4.87. The van der Waals surface area contributed by atoms with Gasteiger partial charge in [-0.25, -0.2) is 0 Å². The maximum absolute atomic E-state index is 11.1. The number of carbonyl (C=O) groups excluding carboxylic acids is 1. The lowest BCUT2D eigenvalue weighted by atomic mass is 9.81. The highest BCUT2D eigenvalue weighted by Gasteiger charge is 2.29. The first kappa shape index (κ1) is 10.8. The van der Waals surface area contributed by atoms with E-state index in [1.165, 1.54) is 20.0 Å². The van der Waals surface area contributed by atoms with Crippen LogP contribution in [-0.4, -0.2) is 18.5 Å². The molecular weight excluding hydrogens is 188 g/mol. The van der Waals surface area contributed by atoms with Crippen molar-refractivity contribution in [1.29, 1.82) is 0 Å². The molecule has 1 aliphatic rings. The Bertz CT molecular complexity index is 174. The number of hydrogen-bond donors (Lipinski definition) is 0. The number of methoxy groups -OCH3 is 1. The van der Waals surface area contributed by atoms with E-state index in [-0.39, 0.29) is 5.97 Å². The molecule has 1 rings (SSSR count). The van der Waals surface area contributed by atoms with E-state index in [0.717, 1.165) is 18.8 Å². The fourth-order valence-electron chi connectivity index (χ4n) is 1.88. The van der Waals surface area contributed by atoms with E-state index in [9.17, 15) is 4.79 Å². The van der Waals surface area contributed by atoms with Gasteiger partial charge in [0.05, 0.1) is 7.11 Å². The summed E-state index contributed by atoms with van der Waals surface area (Å²) in [5.41, 5.74) is 0. The summed E-state index contributed by atoms with van der Waals surface area (Å²) in [4.78, 5) is 11.1. The van der Waals surface area contributed by atoms with Crippen molar-refractivity contribution >= 4 is 17.6 Å². The average Bonchev–Trinajstić information content (AvgIpc) is 2.17. The van der Waals surface area contributed by atoms with Crippen molar-refractivity contribution in [2.45, 2.75) is 38.0 Å². The van der Waals surface area contributed by atoms with Gasteiger partial charge in [-0.3, -0.25) is 4.79 Å². The van der Waals surface area contributed by atoms with Crippen LogP contribution in [0.1, 0.15) is 32.6 Å². The van der Waals surface area contributed by atoms with Crippen LogP contribution in [-0.2, 0) is 9.53 Å². The highest BCUT2D eigenvalue weighted by atomic mass is 35.5. The summed E-state index contributed by atoms with van der Waals surface area (Å²) in [7, 11) is 1.39. The molecular formula is C10H17ClO2. The van der Waals surface area contributed by atoms with E-state index in [4.69, 9.17) is 11.6 Å². The summed E-state index contributed by atoms with van der Waals surface area (Å²) in [6, 6.07) is 0. The van der Waals surface area contributed by atoms with Crippen LogP contribution in [0.3, 0.4) is 0 Å². The number of ether oxygens (including phenoxy) is 1. The lowest BCUT2D eigenvalue weighted by molar-refractivity contribution is -0.141. The van der Waals surface area contributed by atoms with Crippen LogP contribution in [0.5, 0.6) is 0 Å². The number of hydrogen-bond acceptors (Lipinski definition) is 2. The average molecular weight is 205 g/mol. The zero-order valence-corrected chi connectivity index (χ0v) is 9.01. The van der Waals surface area contributed by atoms with Gasteiger partial charge in [-0.1, -0.05) is 19.8 Å². The zero-order chi connectivity index (χ0) is 9.84. The summed E-state index contributed by atoms with van der Waals surface area (Å²) in [6.45, 7) is 2.25. The van der Waals surface area contributed by atoms with E-state index in [2.05, 4.69) is 11.7 Å². The van der Waals surface area contributed by atoms with Crippen molar-refractivity contribution < 1.29 is 9.53 Å². The minimum atomic E-state index is -0.433. The Morgan fingerprint density at radius 2 is 1.92 bits per heavy atom. The molecule has 0 aromatic heterocycles. The van der Waals surface area contributed by atoms with E-state index < -0.39 is 5.38 Å². The van der Waals surface area contributed by atoms with Gasteiger partial charge in [-0.15, -0.1) is 11.6 Å². The van der Waals surface area contributed by atoms with Crippen molar-refractivity contribution in [2.75, 3.05) is 7.11 Å². The quantitative estimate of drug-likeness (QED) is 0.511. The Kier molecular flexibility index (Phi) is 4.04. The van der Waals surface area contributed by atoms with Gasteiger partial charge in [0.25, 0.3) is 0 Å². The van der Waals surface area contributed by atoms with Crippen LogP contribution in [0.4, 0.5) is 0 Å². The summed E-state index contributed by atoms with van der Waals surface area (Å²) in [6.07, 6.45) is 4.49. The fraction of sp³-hybridized carbons (Fsp3) is 0.900. The van der Waals surface area contributed by atoms with Crippen LogP contribution in [0.25, 0.3) is 0 Å². The molecule has 2 nitrogen and oxygen atoms in total. The van der Waals surface area contributed by atoms with Gasteiger partial charge in [-0.05, 0) is 24.7 Å². The van der Waals surface area contributed by atoms with E-state index in [1.807, 2.05) is 0 Å². The van der Waals surface area contributed by atoms with Crippen molar-refractivity contribution in [1.82, 2.24) is 0 Å². The highest BCUT2D eigenvalue weighted by Crippen LogP contribution is 2.32. The highest BCUT2D eigenvalue weighted by molar-refractivity contribution is 6.30. The number of alkyl halides is 1. The van der Waals surface area contributed by atoms with Gasteiger partial charge in [0.15, 0.2) is 0 Å². The predicted molar refractivity (Wildman–Crippen MR) is 52.8 cm³/mol. The Balaban J connectivity index is 2.39. The number of rotatable bonds is 2. The molecule has 0 heterocycles. The molecule has 0 aromatic carbocycles. The third kappa shape index (κ3) is 2.87. The third-order valence-electron chi connectivity index (χ3n) is 2.90. The molecule has 0 aliphatic heterocycles. The van der Waals surface area contributed by atoms with Crippen LogP contribution in [0.2, 0.25) is 0 Å². The van der Waals surface area contributed by atoms with Gasteiger partial charge in [-0.2, -0.15) is 0 Å². The van der Waals surface area contributed by atoms with Gasteiger partial charge in [0.1, 0.15) is 5.38 Å².